The van der Waals surface area contributed by atoms with Crippen LogP contribution < -0.4 is 9.46 Å². The quantitative estimate of drug-likeness (QED) is 0.258. The van der Waals surface area contributed by atoms with Crippen LogP contribution in [0.1, 0.15) is 94.8 Å². The maximum Gasteiger partial charge on any atom is 0.339 e. The first-order chi connectivity index (χ1) is 21.7. The number of sulfonamides is 1. The minimum Gasteiger partial charge on any atom is -0.497 e. The number of aromatic nitrogens is 3. The molecule has 3 aliphatic rings. The van der Waals surface area contributed by atoms with E-state index in [1.807, 2.05) is 30.3 Å². The van der Waals surface area contributed by atoms with Gasteiger partial charge in [0.15, 0.2) is 0 Å². The van der Waals surface area contributed by atoms with Gasteiger partial charge >= 0.3 is 5.97 Å². The first-order valence-corrected chi connectivity index (χ1v) is 17.1. The van der Waals surface area contributed by atoms with Gasteiger partial charge in [-0.05, 0) is 84.7 Å². The molecule has 0 spiro atoms. The maximum absolute atomic E-state index is 13.4. The standard InChI is InChI=1S/C34H36N4O6S/c1-37-31(28(18-35-37)34(40)41)23-15-22-16-24(44-2)12-14-26(22)32-30(20-7-4-3-5-8-20)27-13-11-21(17-29(27)38(32)19-23)33(39)36-45(42,43)25-9-6-10-25/h11-18,20,25H,3-10,19H2,1-2H3,(H,36,39)(H,40,41). The molecular formula is C34H36N4O6S. The number of benzene rings is 2. The zero-order valence-electron chi connectivity index (χ0n) is 25.4. The van der Waals surface area contributed by atoms with Crippen molar-refractivity contribution in [2.75, 3.05) is 7.11 Å². The van der Waals surface area contributed by atoms with E-state index in [0.717, 1.165) is 65.4 Å². The number of carboxylic acid groups (broad SMARTS) is 1. The van der Waals surface area contributed by atoms with E-state index in [2.05, 4.69) is 14.4 Å². The Bertz CT molecular complexity index is 1990. The summed E-state index contributed by atoms with van der Waals surface area (Å²) in [6.45, 7) is 0.320. The molecule has 2 saturated carbocycles. The third-order valence-corrected chi connectivity index (χ3v) is 11.6. The second-order valence-electron chi connectivity index (χ2n) is 12.4. The van der Waals surface area contributed by atoms with Gasteiger partial charge in [-0.15, -0.1) is 0 Å². The number of carbonyl (C=O) groups excluding carboxylic acids is 1. The highest BCUT2D eigenvalue weighted by Gasteiger charge is 2.34. The van der Waals surface area contributed by atoms with Crippen molar-refractivity contribution >= 4 is 44.5 Å². The lowest BCUT2D eigenvalue weighted by Crippen LogP contribution is -2.41. The summed E-state index contributed by atoms with van der Waals surface area (Å²) in [7, 11) is -0.405. The number of hydrogen-bond acceptors (Lipinski definition) is 6. The van der Waals surface area contributed by atoms with Crippen LogP contribution in [0.25, 0.3) is 33.8 Å². The molecule has 2 fully saturated rings. The van der Waals surface area contributed by atoms with E-state index in [9.17, 15) is 23.1 Å². The molecular weight excluding hydrogens is 592 g/mol. The Morgan fingerprint density at radius 2 is 1.78 bits per heavy atom. The summed E-state index contributed by atoms with van der Waals surface area (Å²) in [4.78, 5) is 25.7. The predicted molar refractivity (Wildman–Crippen MR) is 172 cm³/mol. The van der Waals surface area contributed by atoms with E-state index >= 15 is 0 Å². The molecule has 2 aromatic carbocycles. The maximum atomic E-state index is 13.4. The van der Waals surface area contributed by atoms with Crippen molar-refractivity contribution < 1.29 is 27.9 Å². The van der Waals surface area contributed by atoms with Gasteiger partial charge in [0, 0.05) is 29.1 Å². The number of ether oxygens (including phenoxy) is 1. The SMILES string of the molecule is COc1ccc2c(c1)C=C(c1c(C(=O)O)cnn1C)Cn1c-2c(C2CCCCC2)c2ccc(C(=O)NS(=O)(=O)C3CCC3)cc21. The molecule has 3 heterocycles. The number of carboxylic acids is 1. The lowest BCUT2D eigenvalue weighted by atomic mass is 9.81. The van der Waals surface area contributed by atoms with Gasteiger partial charge in [-0.3, -0.25) is 9.48 Å². The Hall–Kier alpha value is -4.38. The lowest BCUT2D eigenvalue weighted by Gasteiger charge is -2.25. The number of aromatic carboxylic acids is 1. The van der Waals surface area contributed by atoms with E-state index in [1.54, 1.807) is 31.0 Å². The summed E-state index contributed by atoms with van der Waals surface area (Å²) in [6.07, 6.45) is 10.9. The predicted octanol–water partition coefficient (Wildman–Crippen LogP) is 5.96. The zero-order valence-corrected chi connectivity index (χ0v) is 26.2. The van der Waals surface area contributed by atoms with E-state index in [-0.39, 0.29) is 11.1 Å². The highest BCUT2D eigenvalue weighted by Crippen LogP contribution is 2.48. The van der Waals surface area contributed by atoms with E-state index in [1.165, 1.54) is 18.2 Å². The van der Waals surface area contributed by atoms with E-state index in [0.29, 0.717) is 36.7 Å². The summed E-state index contributed by atoms with van der Waals surface area (Å²) in [5.74, 6) is -0.726. The number of nitrogens with zero attached hydrogens (tertiary/aromatic N) is 3. The molecule has 1 aliphatic heterocycles. The monoisotopic (exact) mass is 628 g/mol. The molecule has 2 aliphatic carbocycles. The van der Waals surface area contributed by atoms with Crippen LogP contribution in [0, 0.1) is 0 Å². The van der Waals surface area contributed by atoms with Crippen molar-refractivity contribution in [1.29, 1.82) is 0 Å². The Kier molecular flexibility index (Phi) is 7.31. The zero-order chi connectivity index (χ0) is 31.5. The van der Waals surface area contributed by atoms with E-state index < -0.39 is 27.1 Å². The number of carbonyl (C=O) groups is 2. The normalized spacial score (nSPS) is 17.2. The molecule has 7 rings (SSSR count). The first kappa shape index (κ1) is 29.3. The molecule has 234 valence electrons. The van der Waals surface area contributed by atoms with Gasteiger partial charge in [-0.25, -0.2) is 17.9 Å². The van der Waals surface area contributed by atoms with Crippen LogP contribution in [-0.2, 0) is 23.6 Å². The molecule has 1 amide bonds. The fourth-order valence-corrected chi connectivity index (χ4v) is 8.75. The molecule has 0 saturated heterocycles. The molecule has 0 atom stereocenters. The average molecular weight is 629 g/mol. The summed E-state index contributed by atoms with van der Waals surface area (Å²) in [5, 5.41) is 14.8. The van der Waals surface area contributed by atoms with Crippen molar-refractivity contribution in [2.24, 2.45) is 7.05 Å². The number of hydrogen-bond donors (Lipinski definition) is 2. The highest BCUT2D eigenvalue weighted by atomic mass is 32.2. The summed E-state index contributed by atoms with van der Waals surface area (Å²) >= 11 is 0. The molecule has 0 radical (unpaired) electrons. The summed E-state index contributed by atoms with van der Waals surface area (Å²) in [6, 6.07) is 11.4. The van der Waals surface area contributed by atoms with Crippen molar-refractivity contribution in [1.82, 2.24) is 19.1 Å². The van der Waals surface area contributed by atoms with Gasteiger partial charge in [0.05, 0.1) is 36.5 Å². The van der Waals surface area contributed by atoms with Gasteiger partial charge in [-0.1, -0.05) is 31.7 Å². The van der Waals surface area contributed by atoms with Gasteiger partial charge in [0.1, 0.15) is 11.3 Å². The topological polar surface area (TPSA) is 133 Å². The molecule has 45 heavy (non-hydrogen) atoms. The van der Waals surface area contributed by atoms with Crippen molar-refractivity contribution in [2.45, 2.75) is 69.1 Å². The smallest absolute Gasteiger partial charge is 0.339 e. The number of nitrogens with one attached hydrogen (secondary N) is 1. The first-order valence-electron chi connectivity index (χ1n) is 15.5. The molecule has 0 unspecified atom stereocenters. The van der Waals surface area contributed by atoms with Crippen molar-refractivity contribution in [3.05, 3.63) is 70.5 Å². The van der Waals surface area contributed by atoms with Crippen LogP contribution in [0.2, 0.25) is 0 Å². The Morgan fingerprint density at radius 3 is 2.47 bits per heavy atom. The molecule has 4 aromatic rings. The molecule has 11 heteroatoms. The van der Waals surface area contributed by atoms with Crippen LogP contribution in [0.15, 0.2) is 42.6 Å². The Labute approximate surface area is 261 Å². The van der Waals surface area contributed by atoms with Crippen LogP contribution in [0.3, 0.4) is 0 Å². The minimum absolute atomic E-state index is 0.0990. The fourth-order valence-electron chi connectivity index (χ4n) is 7.25. The lowest BCUT2D eigenvalue weighted by molar-refractivity contribution is 0.0696. The summed E-state index contributed by atoms with van der Waals surface area (Å²) < 4.78 is 37.3. The second-order valence-corrected chi connectivity index (χ2v) is 14.4. The highest BCUT2D eigenvalue weighted by molar-refractivity contribution is 7.90. The van der Waals surface area contributed by atoms with E-state index in [4.69, 9.17) is 4.74 Å². The van der Waals surface area contributed by atoms with Gasteiger partial charge < -0.3 is 14.4 Å². The van der Waals surface area contributed by atoms with Crippen LogP contribution in [0.5, 0.6) is 5.75 Å². The molecule has 0 bridgehead atoms. The van der Waals surface area contributed by atoms with Gasteiger partial charge in [0.2, 0.25) is 10.0 Å². The van der Waals surface area contributed by atoms with Gasteiger partial charge in [0.25, 0.3) is 5.91 Å². The number of rotatable bonds is 7. The Balaban J connectivity index is 1.46. The molecule has 2 N–H and O–H groups in total. The fraction of sp³-hybridized carbons (Fsp3) is 0.382. The molecule has 2 aromatic heterocycles. The average Bonchev–Trinajstić information content (AvgIpc) is 3.47. The van der Waals surface area contributed by atoms with Crippen LogP contribution in [0.4, 0.5) is 0 Å². The third kappa shape index (κ3) is 5.03. The number of methoxy groups -OCH3 is 1. The number of fused-ring (bicyclic) bond motifs is 5. The van der Waals surface area contributed by atoms with Crippen molar-refractivity contribution in [3.8, 4) is 17.0 Å². The molecule has 10 nitrogen and oxygen atoms in total. The van der Waals surface area contributed by atoms with Crippen LogP contribution >= 0.6 is 0 Å². The number of allylic oxidation sites excluding steroid dienone is 1. The Morgan fingerprint density at radius 1 is 1.00 bits per heavy atom. The van der Waals surface area contributed by atoms with Crippen molar-refractivity contribution in [3.63, 3.8) is 0 Å². The minimum atomic E-state index is -3.75. The largest absolute Gasteiger partial charge is 0.497 e. The van der Waals surface area contributed by atoms with Crippen LogP contribution in [-0.4, -0.2) is 52.1 Å². The van der Waals surface area contributed by atoms with Gasteiger partial charge in [-0.2, -0.15) is 5.10 Å². The second kappa shape index (κ2) is 11.2. The third-order valence-electron chi connectivity index (χ3n) is 9.75. The number of aryl methyl sites for hydroxylation is 1. The number of amides is 1. The summed E-state index contributed by atoms with van der Waals surface area (Å²) in [5.41, 5.74) is 6.51.